The minimum Gasteiger partial charge on any atom is -0.497 e. The van der Waals surface area contributed by atoms with Crippen molar-refractivity contribution in [2.45, 2.75) is 11.2 Å². The predicted octanol–water partition coefficient (Wildman–Crippen LogP) is 5.15. The first-order valence-electron chi connectivity index (χ1n) is 6.25. The van der Waals surface area contributed by atoms with E-state index >= 15 is 0 Å². The molecule has 4 heteroatoms. The van der Waals surface area contributed by atoms with Crippen molar-refractivity contribution in [1.29, 1.82) is 0 Å². The van der Waals surface area contributed by atoms with Gasteiger partial charge in [-0.1, -0.05) is 56.1 Å². The molecule has 0 fully saturated rings. The lowest BCUT2D eigenvalue weighted by molar-refractivity contribution is 0.409. The highest BCUT2D eigenvalue weighted by atomic mass is 79.9. The van der Waals surface area contributed by atoms with Crippen LogP contribution in [0, 0.1) is 0 Å². The maximum Gasteiger partial charge on any atom is 0.122 e. The molecule has 0 aliphatic heterocycles. The van der Waals surface area contributed by atoms with Gasteiger partial charge in [0.05, 0.1) is 14.2 Å². The summed E-state index contributed by atoms with van der Waals surface area (Å²) in [6.45, 7) is 0. The number of para-hydroxylation sites is 1. The van der Waals surface area contributed by atoms with Gasteiger partial charge in [0.2, 0.25) is 0 Å². The van der Waals surface area contributed by atoms with Crippen molar-refractivity contribution in [2.24, 2.45) is 0 Å². The standard InChI is InChI=1S/C16H16Br2O2/c1-19-12-7-8-13(15(18)10-12)14(17)9-11-5-3-4-6-16(11)20-2/h3-8,10,14H,9H2,1-2H3. The Kier molecular flexibility index (Phi) is 5.49. The van der Waals surface area contributed by atoms with Crippen LogP contribution in [0.1, 0.15) is 16.0 Å². The van der Waals surface area contributed by atoms with E-state index in [0.29, 0.717) is 0 Å². The minimum absolute atomic E-state index is 0.207. The molecule has 2 rings (SSSR count). The van der Waals surface area contributed by atoms with Crippen LogP contribution in [-0.2, 0) is 6.42 Å². The second-order valence-electron chi connectivity index (χ2n) is 4.37. The maximum atomic E-state index is 5.40. The molecule has 0 aliphatic carbocycles. The van der Waals surface area contributed by atoms with Gasteiger partial charge in [-0.2, -0.15) is 0 Å². The van der Waals surface area contributed by atoms with Gasteiger partial charge in [0, 0.05) is 9.30 Å². The van der Waals surface area contributed by atoms with Gasteiger partial charge in [-0.3, -0.25) is 0 Å². The van der Waals surface area contributed by atoms with Gasteiger partial charge in [-0.05, 0) is 35.7 Å². The normalized spacial score (nSPS) is 12.0. The largest absolute Gasteiger partial charge is 0.497 e. The van der Waals surface area contributed by atoms with Crippen molar-refractivity contribution in [3.05, 3.63) is 58.1 Å². The number of hydrogen-bond acceptors (Lipinski definition) is 2. The number of methoxy groups -OCH3 is 2. The zero-order valence-electron chi connectivity index (χ0n) is 11.4. The van der Waals surface area contributed by atoms with Crippen molar-refractivity contribution in [3.8, 4) is 11.5 Å². The highest BCUT2D eigenvalue weighted by Gasteiger charge is 2.14. The van der Waals surface area contributed by atoms with Crippen LogP contribution < -0.4 is 9.47 Å². The van der Waals surface area contributed by atoms with Crippen LogP contribution in [0.25, 0.3) is 0 Å². The number of ether oxygens (including phenoxy) is 2. The SMILES string of the molecule is COc1ccc(C(Br)Cc2ccccc2OC)c(Br)c1. The maximum absolute atomic E-state index is 5.40. The summed E-state index contributed by atoms with van der Waals surface area (Å²) in [5.41, 5.74) is 2.37. The Morgan fingerprint density at radius 1 is 1.05 bits per heavy atom. The zero-order chi connectivity index (χ0) is 14.5. The van der Waals surface area contributed by atoms with E-state index in [1.165, 1.54) is 11.1 Å². The first-order valence-corrected chi connectivity index (χ1v) is 7.96. The second kappa shape index (κ2) is 7.14. The van der Waals surface area contributed by atoms with E-state index in [4.69, 9.17) is 9.47 Å². The monoisotopic (exact) mass is 398 g/mol. The van der Waals surface area contributed by atoms with Gasteiger partial charge in [0.1, 0.15) is 11.5 Å². The summed E-state index contributed by atoms with van der Waals surface area (Å²) in [5.74, 6) is 1.76. The molecule has 20 heavy (non-hydrogen) atoms. The average molecular weight is 400 g/mol. The molecule has 0 saturated carbocycles. The van der Waals surface area contributed by atoms with E-state index in [0.717, 1.165) is 22.4 Å². The van der Waals surface area contributed by atoms with E-state index < -0.39 is 0 Å². The summed E-state index contributed by atoms with van der Waals surface area (Å²) in [4.78, 5) is 0.207. The molecule has 0 spiro atoms. The van der Waals surface area contributed by atoms with Crippen molar-refractivity contribution in [1.82, 2.24) is 0 Å². The molecule has 0 bridgehead atoms. The molecular weight excluding hydrogens is 384 g/mol. The molecule has 106 valence electrons. The lowest BCUT2D eigenvalue weighted by atomic mass is 10.0. The predicted molar refractivity (Wildman–Crippen MR) is 89.1 cm³/mol. The summed E-state index contributed by atoms with van der Waals surface area (Å²) in [6.07, 6.45) is 0.856. The highest BCUT2D eigenvalue weighted by Crippen LogP contribution is 2.36. The lowest BCUT2D eigenvalue weighted by Gasteiger charge is -2.15. The second-order valence-corrected chi connectivity index (χ2v) is 6.33. The number of benzene rings is 2. The fraction of sp³-hybridized carbons (Fsp3) is 0.250. The van der Waals surface area contributed by atoms with Gasteiger partial charge in [-0.25, -0.2) is 0 Å². The van der Waals surface area contributed by atoms with Crippen molar-refractivity contribution in [3.63, 3.8) is 0 Å². The molecule has 0 radical (unpaired) electrons. The molecule has 0 aromatic heterocycles. The molecule has 2 aromatic carbocycles. The first kappa shape index (κ1) is 15.4. The van der Waals surface area contributed by atoms with Gasteiger partial charge in [0.25, 0.3) is 0 Å². The molecular formula is C16H16Br2O2. The quantitative estimate of drug-likeness (QED) is 0.647. The van der Waals surface area contributed by atoms with E-state index in [2.05, 4.69) is 44.0 Å². The fourth-order valence-corrected chi connectivity index (χ4v) is 3.75. The van der Waals surface area contributed by atoms with Crippen molar-refractivity contribution >= 4 is 31.9 Å². The summed E-state index contributed by atoms with van der Waals surface area (Å²) in [5, 5.41) is 0. The molecule has 0 aliphatic rings. The van der Waals surface area contributed by atoms with Crippen molar-refractivity contribution in [2.75, 3.05) is 14.2 Å². The number of hydrogen-bond donors (Lipinski definition) is 0. The summed E-state index contributed by atoms with van der Waals surface area (Å²) in [6, 6.07) is 14.1. The van der Waals surface area contributed by atoms with Crippen LogP contribution in [0.15, 0.2) is 46.9 Å². The van der Waals surface area contributed by atoms with Crippen LogP contribution >= 0.6 is 31.9 Å². The Bertz CT molecular complexity index is 584. The van der Waals surface area contributed by atoms with Gasteiger partial charge < -0.3 is 9.47 Å². The summed E-state index contributed by atoms with van der Waals surface area (Å²) >= 11 is 7.35. The molecule has 2 aromatic rings. The Morgan fingerprint density at radius 3 is 2.45 bits per heavy atom. The third kappa shape index (κ3) is 3.55. The molecule has 0 heterocycles. The van der Waals surface area contributed by atoms with E-state index in [9.17, 15) is 0 Å². The van der Waals surface area contributed by atoms with Gasteiger partial charge in [0.15, 0.2) is 0 Å². The molecule has 1 unspecified atom stereocenters. The van der Waals surface area contributed by atoms with E-state index in [-0.39, 0.29) is 4.83 Å². The smallest absolute Gasteiger partial charge is 0.122 e. The zero-order valence-corrected chi connectivity index (χ0v) is 14.6. The summed E-state index contributed by atoms with van der Waals surface area (Å²) in [7, 11) is 3.37. The first-order chi connectivity index (χ1) is 9.65. The van der Waals surface area contributed by atoms with Crippen molar-refractivity contribution < 1.29 is 9.47 Å². The Morgan fingerprint density at radius 2 is 1.80 bits per heavy atom. The van der Waals surface area contributed by atoms with Crippen LogP contribution in [0.2, 0.25) is 0 Å². The Labute approximate surface area is 136 Å². The molecule has 1 atom stereocenters. The third-order valence-electron chi connectivity index (χ3n) is 3.14. The van der Waals surface area contributed by atoms with Crippen LogP contribution in [0.4, 0.5) is 0 Å². The topological polar surface area (TPSA) is 18.5 Å². The lowest BCUT2D eigenvalue weighted by Crippen LogP contribution is -1.99. The molecule has 0 saturated heterocycles. The van der Waals surface area contributed by atoms with Crippen LogP contribution in [0.5, 0.6) is 11.5 Å². The Hall–Kier alpha value is -1.00. The minimum atomic E-state index is 0.207. The third-order valence-corrected chi connectivity index (χ3v) is 4.64. The molecule has 0 N–H and O–H groups in total. The van der Waals surface area contributed by atoms with Crippen LogP contribution in [-0.4, -0.2) is 14.2 Å². The van der Waals surface area contributed by atoms with Gasteiger partial charge in [-0.15, -0.1) is 0 Å². The summed E-state index contributed by atoms with van der Waals surface area (Å²) < 4.78 is 11.7. The van der Waals surface area contributed by atoms with E-state index in [1.54, 1.807) is 14.2 Å². The fourth-order valence-electron chi connectivity index (χ4n) is 2.06. The number of halogens is 2. The van der Waals surface area contributed by atoms with Crippen LogP contribution in [0.3, 0.4) is 0 Å². The molecule has 0 amide bonds. The Balaban J connectivity index is 2.21. The highest BCUT2D eigenvalue weighted by molar-refractivity contribution is 9.11. The number of alkyl halides is 1. The van der Waals surface area contributed by atoms with E-state index in [1.807, 2.05) is 30.3 Å². The number of rotatable bonds is 5. The van der Waals surface area contributed by atoms with Gasteiger partial charge >= 0.3 is 0 Å². The average Bonchev–Trinajstić information content (AvgIpc) is 2.47. The molecule has 2 nitrogen and oxygen atoms in total.